The van der Waals surface area contributed by atoms with Gasteiger partial charge in [0.25, 0.3) is 17.7 Å². The molecule has 0 bridgehead atoms. The highest BCUT2D eigenvalue weighted by atomic mass is 79.9. The maximum atomic E-state index is 13.2. The number of ether oxygens (including phenoxy) is 1. The highest BCUT2D eigenvalue weighted by Crippen LogP contribution is 2.36. The Bertz CT molecular complexity index is 1550. The second-order valence-electron chi connectivity index (χ2n) is 8.84. The van der Waals surface area contributed by atoms with Crippen LogP contribution in [-0.2, 0) is 14.4 Å². The summed E-state index contributed by atoms with van der Waals surface area (Å²) in [7, 11) is 0. The molecular weight excluding hydrogens is 654 g/mol. The summed E-state index contributed by atoms with van der Waals surface area (Å²) in [6.07, 6.45) is 1.38. The number of urea groups is 1. The van der Waals surface area contributed by atoms with E-state index in [0.717, 1.165) is 21.6 Å². The van der Waals surface area contributed by atoms with E-state index < -0.39 is 17.8 Å². The van der Waals surface area contributed by atoms with Gasteiger partial charge in [-0.2, -0.15) is 0 Å². The maximum Gasteiger partial charge on any atom is 0.335 e. The number of carbonyl (C=O) groups is 4. The molecule has 1 fully saturated rings. The van der Waals surface area contributed by atoms with Crippen molar-refractivity contribution >= 4 is 84.7 Å². The number of carbonyl (C=O) groups excluding carboxylic acids is 4. The lowest BCUT2D eigenvalue weighted by atomic mass is 10.1. The van der Waals surface area contributed by atoms with E-state index in [4.69, 9.17) is 16.3 Å². The first-order valence-electron chi connectivity index (χ1n) is 11.6. The summed E-state index contributed by atoms with van der Waals surface area (Å²) >= 11 is 12.9. The van der Waals surface area contributed by atoms with Gasteiger partial charge in [0.05, 0.1) is 14.6 Å². The number of nitrogens with one attached hydrogen (secondary N) is 2. The van der Waals surface area contributed by atoms with Crippen LogP contribution in [0, 0.1) is 20.8 Å². The fraction of sp³-hybridized carbons (Fsp3) is 0.143. The molecule has 2 N–H and O–H groups in total. The highest BCUT2D eigenvalue weighted by Gasteiger charge is 2.37. The van der Waals surface area contributed by atoms with Crippen molar-refractivity contribution < 1.29 is 23.9 Å². The zero-order valence-corrected chi connectivity index (χ0v) is 25.0. The molecule has 4 rings (SSSR count). The summed E-state index contributed by atoms with van der Waals surface area (Å²) in [6.45, 7) is 5.37. The van der Waals surface area contributed by atoms with Gasteiger partial charge in [0.2, 0.25) is 0 Å². The number of anilines is 2. The van der Waals surface area contributed by atoms with E-state index in [1.165, 1.54) is 6.08 Å². The Morgan fingerprint density at radius 3 is 2.28 bits per heavy atom. The minimum Gasteiger partial charge on any atom is -0.481 e. The Balaban J connectivity index is 1.52. The third kappa shape index (κ3) is 6.41. The predicted octanol–water partition coefficient (Wildman–Crippen LogP) is 6.47. The van der Waals surface area contributed by atoms with Crippen molar-refractivity contribution in [2.75, 3.05) is 16.8 Å². The Labute approximate surface area is 246 Å². The number of imide groups is 2. The number of nitrogens with zero attached hydrogens (tertiary/aromatic N) is 1. The average Bonchev–Trinajstić information content (AvgIpc) is 2.85. The number of hydrogen-bond acceptors (Lipinski definition) is 5. The van der Waals surface area contributed by atoms with Crippen LogP contribution in [0.4, 0.5) is 16.2 Å². The summed E-state index contributed by atoms with van der Waals surface area (Å²) < 4.78 is 6.64. The zero-order valence-electron chi connectivity index (χ0n) is 21.0. The molecular formula is C28H22Br2ClN3O5. The normalized spacial score (nSPS) is 14.5. The monoisotopic (exact) mass is 673 g/mol. The van der Waals surface area contributed by atoms with Crippen LogP contribution in [0.5, 0.6) is 5.75 Å². The molecule has 0 unspecified atom stereocenters. The zero-order chi connectivity index (χ0) is 28.4. The van der Waals surface area contributed by atoms with E-state index in [0.29, 0.717) is 36.7 Å². The van der Waals surface area contributed by atoms with Crippen LogP contribution in [0.1, 0.15) is 22.3 Å². The number of amides is 5. The quantitative estimate of drug-likeness (QED) is 0.230. The van der Waals surface area contributed by atoms with Crippen molar-refractivity contribution in [1.29, 1.82) is 0 Å². The van der Waals surface area contributed by atoms with E-state index in [9.17, 15) is 19.2 Å². The first-order valence-corrected chi connectivity index (χ1v) is 13.6. The van der Waals surface area contributed by atoms with Gasteiger partial charge < -0.3 is 10.1 Å². The third-order valence-electron chi connectivity index (χ3n) is 5.99. The lowest BCUT2D eigenvalue weighted by Gasteiger charge is -2.27. The third-order valence-corrected chi connectivity index (χ3v) is 7.57. The van der Waals surface area contributed by atoms with Gasteiger partial charge in [0.1, 0.15) is 11.3 Å². The molecule has 39 heavy (non-hydrogen) atoms. The van der Waals surface area contributed by atoms with Gasteiger partial charge in [-0.25, -0.2) is 9.69 Å². The number of halogens is 3. The lowest BCUT2D eigenvalue weighted by Crippen LogP contribution is -2.54. The van der Waals surface area contributed by atoms with Crippen molar-refractivity contribution in [1.82, 2.24) is 5.32 Å². The lowest BCUT2D eigenvalue weighted by molar-refractivity contribution is -0.122. The largest absolute Gasteiger partial charge is 0.481 e. The van der Waals surface area contributed by atoms with Crippen molar-refractivity contribution in [3.8, 4) is 5.75 Å². The number of hydrogen-bond donors (Lipinski definition) is 2. The minimum absolute atomic E-state index is 0.212. The van der Waals surface area contributed by atoms with Crippen LogP contribution in [0.3, 0.4) is 0 Å². The summed E-state index contributed by atoms with van der Waals surface area (Å²) in [4.78, 5) is 51.6. The number of aryl methyl sites for hydroxylation is 3. The van der Waals surface area contributed by atoms with E-state index in [1.807, 2.05) is 20.8 Å². The molecule has 0 spiro atoms. The molecule has 1 aliphatic heterocycles. The Hall–Kier alpha value is -3.47. The van der Waals surface area contributed by atoms with E-state index in [1.54, 1.807) is 48.5 Å². The first kappa shape index (κ1) is 28.5. The number of rotatable bonds is 6. The van der Waals surface area contributed by atoms with Crippen LogP contribution in [-0.4, -0.2) is 30.4 Å². The standard InChI is InChI=1S/C28H22Br2ClN3O5/c1-14-5-7-19(8-16(14)3)34-27(37)20(26(36)33-28(34)38)9-17-10-21(29)25(22(30)11-17)39-13-24(35)32-18-6-4-15(2)23(31)12-18/h4-12H,13H2,1-3H3,(H,32,35)(H,33,36,38)/b20-9-. The summed E-state index contributed by atoms with van der Waals surface area (Å²) in [6, 6.07) is 12.8. The van der Waals surface area contributed by atoms with Crippen molar-refractivity contribution in [3.63, 3.8) is 0 Å². The van der Waals surface area contributed by atoms with Crippen molar-refractivity contribution in [3.05, 3.63) is 90.3 Å². The number of benzene rings is 3. The highest BCUT2D eigenvalue weighted by molar-refractivity contribution is 9.11. The van der Waals surface area contributed by atoms with Crippen LogP contribution in [0.25, 0.3) is 6.08 Å². The molecule has 1 aliphatic rings. The molecule has 11 heteroatoms. The molecule has 1 saturated heterocycles. The summed E-state index contributed by atoms with van der Waals surface area (Å²) in [5, 5.41) is 5.48. The fourth-order valence-electron chi connectivity index (χ4n) is 3.73. The Morgan fingerprint density at radius 1 is 0.974 bits per heavy atom. The molecule has 0 saturated carbocycles. The van der Waals surface area contributed by atoms with Gasteiger partial charge in [-0.1, -0.05) is 23.7 Å². The van der Waals surface area contributed by atoms with Gasteiger partial charge in [0.15, 0.2) is 6.61 Å². The molecule has 0 atom stereocenters. The van der Waals surface area contributed by atoms with Crippen LogP contribution >= 0.6 is 43.5 Å². The second kappa shape index (κ2) is 11.7. The molecule has 0 aliphatic carbocycles. The first-order chi connectivity index (χ1) is 18.4. The molecule has 0 aromatic heterocycles. The minimum atomic E-state index is -0.817. The molecule has 8 nitrogen and oxygen atoms in total. The summed E-state index contributed by atoms with van der Waals surface area (Å²) in [5.41, 5.74) is 3.97. The van der Waals surface area contributed by atoms with Crippen molar-refractivity contribution in [2.24, 2.45) is 0 Å². The Morgan fingerprint density at radius 2 is 1.64 bits per heavy atom. The summed E-state index contributed by atoms with van der Waals surface area (Å²) in [5.74, 6) is -1.58. The van der Waals surface area contributed by atoms with Gasteiger partial charge in [-0.05, 0) is 117 Å². The molecule has 3 aromatic rings. The smallest absolute Gasteiger partial charge is 0.335 e. The molecule has 200 valence electrons. The van der Waals surface area contributed by atoms with E-state index in [-0.39, 0.29) is 18.1 Å². The number of barbiturate groups is 1. The predicted molar refractivity (Wildman–Crippen MR) is 157 cm³/mol. The van der Waals surface area contributed by atoms with Crippen LogP contribution < -0.4 is 20.3 Å². The molecule has 3 aromatic carbocycles. The van der Waals surface area contributed by atoms with Gasteiger partial charge in [0, 0.05) is 10.7 Å². The van der Waals surface area contributed by atoms with Gasteiger partial charge >= 0.3 is 6.03 Å². The molecule has 5 amide bonds. The van der Waals surface area contributed by atoms with E-state index in [2.05, 4.69) is 42.5 Å². The van der Waals surface area contributed by atoms with Crippen LogP contribution in [0.2, 0.25) is 5.02 Å². The topological polar surface area (TPSA) is 105 Å². The molecule has 0 radical (unpaired) electrons. The van der Waals surface area contributed by atoms with Gasteiger partial charge in [-0.3, -0.25) is 19.7 Å². The Kier molecular flexibility index (Phi) is 8.58. The fourth-order valence-corrected chi connectivity index (χ4v) is 5.36. The molecule has 1 heterocycles. The van der Waals surface area contributed by atoms with E-state index >= 15 is 0 Å². The second-order valence-corrected chi connectivity index (χ2v) is 11.0. The van der Waals surface area contributed by atoms with Gasteiger partial charge in [-0.15, -0.1) is 0 Å². The maximum absolute atomic E-state index is 13.2. The SMILES string of the molecule is Cc1ccc(N2C(=O)NC(=O)/C(=C/c3cc(Br)c(OCC(=O)Nc4ccc(C)c(Cl)c4)c(Br)c3)C2=O)cc1C. The van der Waals surface area contributed by atoms with Crippen LogP contribution in [0.15, 0.2) is 63.0 Å². The average molecular weight is 676 g/mol. The van der Waals surface area contributed by atoms with Crippen molar-refractivity contribution in [2.45, 2.75) is 20.8 Å².